The number of unbranched alkanes of at least 4 members (excludes halogenated alkanes) is 2. The molecule has 0 saturated carbocycles. The van der Waals surface area contributed by atoms with E-state index in [1.54, 1.807) is 30.3 Å². The van der Waals surface area contributed by atoms with E-state index in [0.29, 0.717) is 17.2 Å². The summed E-state index contributed by atoms with van der Waals surface area (Å²) in [6, 6.07) is 11.9. The Morgan fingerprint density at radius 1 is 0.920 bits per heavy atom. The maximum atomic E-state index is 12.6. The van der Waals surface area contributed by atoms with Crippen LogP contribution in [0.2, 0.25) is 0 Å². The molecule has 5 nitrogen and oxygen atoms in total. The van der Waals surface area contributed by atoms with Crippen molar-refractivity contribution in [2.75, 3.05) is 18.9 Å². The Balaban J connectivity index is 2.16. The highest BCUT2D eigenvalue weighted by Crippen LogP contribution is 2.27. The van der Waals surface area contributed by atoms with Crippen molar-refractivity contribution in [2.45, 2.75) is 37.5 Å². The summed E-state index contributed by atoms with van der Waals surface area (Å²) >= 11 is 0. The third kappa shape index (κ3) is 5.39. The monoisotopic (exact) mass is 363 g/mol. The van der Waals surface area contributed by atoms with Gasteiger partial charge in [0.2, 0.25) is 0 Å². The van der Waals surface area contributed by atoms with Gasteiger partial charge in [0.05, 0.1) is 24.8 Å². The Hall–Kier alpha value is -2.21. The number of rotatable bonds is 9. The zero-order valence-corrected chi connectivity index (χ0v) is 15.7. The normalized spacial score (nSPS) is 11.2. The van der Waals surface area contributed by atoms with Gasteiger partial charge in [0.15, 0.2) is 0 Å². The molecule has 0 unspecified atom stereocenters. The highest BCUT2D eigenvalue weighted by molar-refractivity contribution is 7.92. The quantitative estimate of drug-likeness (QED) is 0.677. The Bertz CT molecular complexity index is 763. The second kappa shape index (κ2) is 8.76. The van der Waals surface area contributed by atoms with Crippen LogP contribution in [0, 0.1) is 0 Å². The van der Waals surface area contributed by atoms with Gasteiger partial charge >= 0.3 is 0 Å². The van der Waals surface area contributed by atoms with E-state index in [-0.39, 0.29) is 4.90 Å². The largest absolute Gasteiger partial charge is 0.497 e. The highest BCUT2D eigenvalue weighted by Gasteiger charge is 2.15. The van der Waals surface area contributed by atoms with Gasteiger partial charge in [0.25, 0.3) is 10.0 Å². The van der Waals surface area contributed by atoms with Crippen LogP contribution in [0.5, 0.6) is 11.5 Å². The molecule has 0 spiro atoms. The lowest BCUT2D eigenvalue weighted by Crippen LogP contribution is -2.13. The molecule has 2 rings (SSSR count). The van der Waals surface area contributed by atoms with E-state index < -0.39 is 10.0 Å². The smallest absolute Gasteiger partial charge is 0.261 e. The lowest BCUT2D eigenvalue weighted by atomic mass is 10.1. The number of nitrogens with one attached hydrogen (secondary N) is 1. The van der Waals surface area contributed by atoms with Crippen LogP contribution in [-0.4, -0.2) is 22.6 Å². The molecule has 0 saturated heterocycles. The molecular formula is C19H25NO4S. The minimum absolute atomic E-state index is 0.230. The molecule has 0 bridgehead atoms. The molecule has 0 radical (unpaired) electrons. The third-order valence-electron chi connectivity index (χ3n) is 3.91. The second-order valence-corrected chi connectivity index (χ2v) is 7.49. The van der Waals surface area contributed by atoms with Gasteiger partial charge in [-0.05, 0) is 30.5 Å². The first-order valence-corrected chi connectivity index (χ1v) is 9.81. The van der Waals surface area contributed by atoms with E-state index in [9.17, 15) is 8.42 Å². The SMILES string of the molecule is CCCCCc1ccc(S(=O)(=O)Nc2cc(OC)cc(OC)c2)cc1. The van der Waals surface area contributed by atoms with Crippen LogP contribution in [0.15, 0.2) is 47.4 Å². The number of ether oxygens (including phenoxy) is 2. The fourth-order valence-electron chi connectivity index (χ4n) is 2.49. The molecule has 2 aromatic carbocycles. The van der Waals surface area contributed by atoms with Gasteiger partial charge in [-0.2, -0.15) is 0 Å². The predicted molar refractivity (Wildman–Crippen MR) is 100 cm³/mol. The molecule has 6 heteroatoms. The molecule has 0 aliphatic heterocycles. The van der Waals surface area contributed by atoms with Crippen LogP contribution in [0.1, 0.15) is 31.7 Å². The first kappa shape index (κ1) is 19.1. The fourth-order valence-corrected chi connectivity index (χ4v) is 3.54. The Labute approximate surface area is 150 Å². The Morgan fingerprint density at radius 3 is 2.04 bits per heavy atom. The summed E-state index contributed by atoms with van der Waals surface area (Å²) in [6.45, 7) is 2.16. The van der Waals surface area contributed by atoms with Crippen LogP contribution in [0.25, 0.3) is 0 Å². The van der Waals surface area contributed by atoms with Crippen molar-refractivity contribution in [3.8, 4) is 11.5 Å². The minimum atomic E-state index is -3.67. The van der Waals surface area contributed by atoms with Gasteiger partial charge in [-0.25, -0.2) is 8.42 Å². The predicted octanol–water partition coefficient (Wildman–Crippen LogP) is 4.24. The lowest BCUT2D eigenvalue weighted by molar-refractivity contribution is 0.395. The number of hydrogen-bond acceptors (Lipinski definition) is 4. The molecule has 0 fully saturated rings. The lowest BCUT2D eigenvalue weighted by Gasteiger charge is -2.12. The molecule has 0 aliphatic carbocycles. The van der Waals surface area contributed by atoms with Crippen molar-refractivity contribution in [3.63, 3.8) is 0 Å². The second-order valence-electron chi connectivity index (χ2n) is 5.81. The number of hydrogen-bond donors (Lipinski definition) is 1. The zero-order valence-electron chi connectivity index (χ0n) is 14.9. The topological polar surface area (TPSA) is 64.6 Å². The Morgan fingerprint density at radius 2 is 1.52 bits per heavy atom. The van der Waals surface area contributed by atoms with Crippen molar-refractivity contribution in [2.24, 2.45) is 0 Å². The summed E-state index contributed by atoms with van der Waals surface area (Å²) in [6.07, 6.45) is 4.43. The van der Waals surface area contributed by atoms with E-state index in [2.05, 4.69) is 11.6 Å². The number of anilines is 1. The van der Waals surface area contributed by atoms with E-state index >= 15 is 0 Å². The molecule has 25 heavy (non-hydrogen) atoms. The molecule has 0 heterocycles. The average molecular weight is 363 g/mol. The van der Waals surface area contributed by atoms with Crippen molar-refractivity contribution < 1.29 is 17.9 Å². The molecule has 136 valence electrons. The summed E-state index contributed by atoms with van der Waals surface area (Å²) in [5.41, 5.74) is 1.54. The number of sulfonamides is 1. The molecule has 0 aliphatic rings. The maximum Gasteiger partial charge on any atom is 0.261 e. The first-order chi connectivity index (χ1) is 12.0. The van der Waals surface area contributed by atoms with Crippen LogP contribution in [0.3, 0.4) is 0 Å². The van der Waals surface area contributed by atoms with E-state index in [4.69, 9.17) is 9.47 Å². The zero-order chi connectivity index (χ0) is 18.3. The molecule has 0 amide bonds. The molecule has 2 aromatic rings. The molecule has 0 atom stereocenters. The first-order valence-electron chi connectivity index (χ1n) is 8.33. The van der Waals surface area contributed by atoms with Gasteiger partial charge in [0, 0.05) is 18.2 Å². The highest BCUT2D eigenvalue weighted by atomic mass is 32.2. The van der Waals surface area contributed by atoms with Gasteiger partial charge in [-0.1, -0.05) is 31.9 Å². The summed E-state index contributed by atoms with van der Waals surface area (Å²) in [7, 11) is -0.630. The fraction of sp³-hybridized carbons (Fsp3) is 0.368. The van der Waals surface area contributed by atoms with E-state index in [1.165, 1.54) is 27.1 Å². The summed E-state index contributed by atoms with van der Waals surface area (Å²) in [4.78, 5) is 0.230. The van der Waals surface area contributed by atoms with Crippen molar-refractivity contribution in [1.29, 1.82) is 0 Å². The number of benzene rings is 2. The van der Waals surface area contributed by atoms with Gasteiger partial charge in [-0.3, -0.25) is 4.72 Å². The van der Waals surface area contributed by atoms with Crippen molar-refractivity contribution in [1.82, 2.24) is 0 Å². The van der Waals surface area contributed by atoms with Crippen LogP contribution in [0.4, 0.5) is 5.69 Å². The van der Waals surface area contributed by atoms with Gasteiger partial charge in [0.1, 0.15) is 11.5 Å². The maximum absolute atomic E-state index is 12.6. The molecule has 1 N–H and O–H groups in total. The van der Waals surface area contributed by atoms with Crippen LogP contribution < -0.4 is 14.2 Å². The average Bonchev–Trinajstić information content (AvgIpc) is 2.61. The minimum Gasteiger partial charge on any atom is -0.497 e. The van der Waals surface area contributed by atoms with Crippen molar-refractivity contribution >= 4 is 15.7 Å². The van der Waals surface area contributed by atoms with Crippen molar-refractivity contribution in [3.05, 3.63) is 48.0 Å². The molecule has 0 aromatic heterocycles. The standard InChI is InChI=1S/C19H25NO4S/c1-4-5-6-7-15-8-10-19(11-9-15)25(21,22)20-16-12-17(23-2)14-18(13-16)24-3/h8-14,20H,4-7H2,1-3H3. The number of aryl methyl sites for hydroxylation is 1. The van der Waals surface area contributed by atoms with E-state index in [1.807, 2.05) is 12.1 Å². The van der Waals surface area contributed by atoms with Crippen LogP contribution >= 0.6 is 0 Å². The van der Waals surface area contributed by atoms with Gasteiger partial charge in [-0.15, -0.1) is 0 Å². The third-order valence-corrected chi connectivity index (χ3v) is 5.30. The van der Waals surface area contributed by atoms with Gasteiger partial charge < -0.3 is 9.47 Å². The number of methoxy groups -OCH3 is 2. The van der Waals surface area contributed by atoms with Crippen LogP contribution in [-0.2, 0) is 16.4 Å². The summed E-state index contributed by atoms with van der Waals surface area (Å²) < 4.78 is 38.1. The van der Waals surface area contributed by atoms with E-state index in [0.717, 1.165) is 18.4 Å². The molecular weight excluding hydrogens is 338 g/mol. The summed E-state index contributed by atoms with van der Waals surface area (Å²) in [5.74, 6) is 1.03. The summed E-state index contributed by atoms with van der Waals surface area (Å²) in [5, 5.41) is 0. The Kier molecular flexibility index (Phi) is 6.70.